The molecule has 0 saturated heterocycles. The van der Waals surface area contributed by atoms with Crippen LogP contribution in [0.4, 0.5) is 18.9 Å². The summed E-state index contributed by atoms with van der Waals surface area (Å²) >= 11 is 0. The van der Waals surface area contributed by atoms with Crippen LogP contribution in [0.5, 0.6) is 0 Å². The Morgan fingerprint density at radius 2 is 1.95 bits per heavy atom. The predicted molar refractivity (Wildman–Crippen MR) is 64.0 cm³/mol. The quantitative estimate of drug-likeness (QED) is 0.641. The minimum atomic E-state index is -4.46. The Labute approximate surface area is 108 Å². The van der Waals surface area contributed by atoms with E-state index in [1.165, 1.54) is 0 Å². The Kier molecular flexibility index (Phi) is 5.17. The third-order valence-corrected chi connectivity index (χ3v) is 2.42. The lowest BCUT2D eigenvalue weighted by molar-refractivity contribution is -0.191. The number of carbonyl (C=O) groups excluding carboxylic acids is 1. The van der Waals surface area contributed by atoms with Gasteiger partial charge < -0.3 is 5.73 Å². The molecule has 0 aliphatic rings. The third kappa shape index (κ3) is 6.10. The van der Waals surface area contributed by atoms with Crippen molar-refractivity contribution in [3.63, 3.8) is 0 Å². The zero-order valence-corrected chi connectivity index (χ0v) is 10.3. The Morgan fingerprint density at radius 3 is 2.47 bits per heavy atom. The highest BCUT2D eigenvalue weighted by Gasteiger charge is 2.28. The van der Waals surface area contributed by atoms with Gasteiger partial charge in [0.25, 0.3) is 0 Å². The number of halogens is 3. The molecule has 19 heavy (non-hydrogen) atoms. The van der Waals surface area contributed by atoms with Gasteiger partial charge in [0.1, 0.15) is 0 Å². The highest BCUT2D eigenvalue weighted by atomic mass is 19.4. The van der Waals surface area contributed by atoms with Gasteiger partial charge in [0.15, 0.2) is 6.61 Å². The second kappa shape index (κ2) is 6.42. The van der Waals surface area contributed by atoms with E-state index in [2.05, 4.69) is 4.84 Å². The van der Waals surface area contributed by atoms with Gasteiger partial charge in [-0.1, -0.05) is 19.1 Å². The highest BCUT2D eigenvalue weighted by Crippen LogP contribution is 2.20. The summed E-state index contributed by atoms with van der Waals surface area (Å²) in [6.45, 7) is 0.282. The van der Waals surface area contributed by atoms with Crippen LogP contribution in [-0.4, -0.2) is 18.7 Å². The van der Waals surface area contributed by atoms with E-state index in [1.54, 1.807) is 36.7 Å². The number of rotatable bonds is 5. The molecule has 0 bridgehead atoms. The molecule has 3 N–H and O–H groups in total. The molecule has 1 atom stereocenters. The van der Waals surface area contributed by atoms with Gasteiger partial charge in [0.05, 0.1) is 0 Å². The minimum Gasteiger partial charge on any atom is -0.399 e. The van der Waals surface area contributed by atoms with E-state index >= 15 is 0 Å². The fourth-order valence-electron chi connectivity index (χ4n) is 1.46. The molecule has 0 heterocycles. The lowest BCUT2D eigenvalue weighted by Crippen LogP contribution is -2.30. The lowest BCUT2D eigenvalue weighted by atomic mass is 9.97. The minimum absolute atomic E-state index is 0.0295. The second-order valence-electron chi connectivity index (χ2n) is 4.20. The van der Waals surface area contributed by atoms with Crippen molar-refractivity contribution in [2.45, 2.75) is 25.4 Å². The summed E-state index contributed by atoms with van der Waals surface area (Å²) < 4.78 is 35.3. The van der Waals surface area contributed by atoms with E-state index in [4.69, 9.17) is 5.73 Å². The summed E-state index contributed by atoms with van der Waals surface area (Å²) in [4.78, 5) is 15.4. The standard InChI is InChI=1S/C12H15F3N2O2/c1-8(9-2-4-10(16)5-3-9)6-11(18)17-19-7-12(13,14)15/h2-5,8H,6-7,16H2,1H3,(H,17,18). The molecule has 0 aromatic heterocycles. The van der Waals surface area contributed by atoms with Crippen molar-refractivity contribution in [3.8, 4) is 0 Å². The van der Waals surface area contributed by atoms with Crippen molar-refractivity contribution in [2.75, 3.05) is 12.3 Å². The topological polar surface area (TPSA) is 64.3 Å². The molecule has 0 fully saturated rings. The number of nitrogen functional groups attached to an aromatic ring is 1. The van der Waals surface area contributed by atoms with E-state index < -0.39 is 18.7 Å². The average Bonchev–Trinajstić information content (AvgIpc) is 2.27. The van der Waals surface area contributed by atoms with Crippen LogP contribution in [0.2, 0.25) is 0 Å². The number of carbonyl (C=O) groups is 1. The first-order valence-corrected chi connectivity index (χ1v) is 5.61. The number of nitrogens with two attached hydrogens (primary N) is 1. The van der Waals surface area contributed by atoms with E-state index in [9.17, 15) is 18.0 Å². The summed E-state index contributed by atoms with van der Waals surface area (Å²) in [7, 11) is 0. The SMILES string of the molecule is CC(CC(=O)NOCC(F)(F)F)c1ccc(N)cc1. The van der Waals surface area contributed by atoms with Gasteiger partial charge >= 0.3 is 6.18 Å². The number of nitrogens with one attached hydrogen (secondary N) is 1. The molecule has 0 radical (unpaired) electrons. The average molecular weight is 276 g/mol. The Bertz CT molecular complexity index is 418. The van der Waals surface area contributed by atoms with E-state index in [0.717, 1.165) is 5.56 Å². The number of amides is 1. The number of hydrogen-bond donors (Lipinski definition) is 2. The van der Waals surface area contributed by atoms with Crippen LogP contribution in [0.3, 0.4) is 0 Å². The van der Waals surface area contributed by atoms with E-state index in [0.29, 0.717) is 5.69 Å². The first-order valence-electron chi connectivity index (χ1n) is 5.61. The van der Waals surface area contributed by atoms with Crippen molar-refractivity contribution >= 4 is 11.6 Å². The second-order valence-corrected chi connectivity index (χ2v) is 4.20. The maximum atomic E-state index is 11.8. The predicted octanol–water partition coefficient (Wildman–Crippen LogP) is 2.37. The Hall–Kier alpha value is -1.76. The molecule has 1 amide bonds. The maximum Gasteiger partial charge on any atom is 0.414 e. The molecule has 4 nitrogen and oxygen atoms in total. The smallest absolute Gasteiger partial charge is 0.399 e. The van der Waals surface area contributed by atoms with Crippen LogP contribution in [0, 0.1) is 0 Å². The summed E-state index contributed by atoms with van der Waals surface area (Å²) in [5.74, 6) is -0.747. The van der Waals surface area contributed by atoms with Gasteiger partial charge in [-0.2, -0.15) is 13.2 Å². The van der Waals surface area contributed by atoms with Crippen LogP contribution >= 0.6 is 0 Å². The van der Waals surface area contributed by atoms with Crippen molar-refractivity contribution < 1.29 is 22.8 Å². The van der Waals surface area contributed by atoms with Gasteiger partial charge in [-0.15, -0.1) is 0 Å². The number of benzene rings is 1. The van der Waals surface area contributed by atoms with Gasteiger partial charge in [0, 0.05) is 12.1 Å². The summed E-state index contributed by atoms with van der Waals surface area (Å²) in [6, 6.07) is 6.93. The molecule has 106 valence electrons. The van der Waals surface area contributed by atoms with Crippen molar-refractivity contribution in [2.24, 2.45) is 0 Å². The van der Waals surface area contributed by atoms with E-state index in [1.807, 2.05) is 0 Å². The van der Waals surface area contributed by atoms with Crippen molar-refractivity contribution in [1.82, 2.24) is 5.48 Å². The van der Waals surface area contributed by atoms with Crippen molar-refractivity contribution in [1.29, 1.82) is 0 Å². The van der Waals surface area contributed by atoms with Gasteiger partial charge in [-0.25, -0.2) is 5.48 Å². The van der Waals surface area contributed by atoms with Gasteiger partial charge in [-0.05, 0) is 23.6 Å². The monoisotopic (exact) mass is 276 g/mol. The third-order valence-electron chi connectivity index (χ3n) is 2.42. The molecular weight excluding hydrogens is 261 g/mol. The zero-order chi connectivity index (χ0) is 14.5. The number of anilines is 1. The van der Waals surface area contributed by atoms with Crippen molar-refractivity contribution in [3.05, 3.63) is 29.8 Å². The number of hydroxylamine groups is 1. The molecule has 7 heteroatoms. The maximum absolute atomic E-state index is 11.8. The molecule has 0 aliphatic heterocycles. The number of alkyl halides is 3. The highest BCUT2D eigenvalue weighted by molar-refractivity contribution is 5.75. The molecule has 1 aromatic carbocycles. The normalized spacial score (nSPS) is 13.1. The molecule has 0 spiro atoms. The Morgan fingerprint density at radius 1 is 1.37 bits per heavy atom. The summed E-state index contributed by atoms with van der Waals surface area (Å²) in [6.07, 6.45) is -4.43. The molecule has 1 rings (SSSR count). The lowest BCUT2D eigenvalue weighted by Gasteiger charge is -2.13. The van der Waals surface area contributed by atoms with Crippen LogP contribution in [0.15, 0.2) is 24.3 Å². The number of hydrogen-bond acceptors (Lipinski definition) is 3. The molecule has 0 saturated carbocycles. The molecule has 1 unspecified atom stereocenters. The van der Waals surface area contributed by atoms with Crippen LogP contribution in [0.1, 0.15) is 24.8 Å². The molecule has 1 aromatic rings. The summed E-state index contributed by atoms with van der Waals surface area (Å²) in [5, 5.41) is 0. The Balaban J connectivity index is 2.38. The fraction of sp³-hybridized carbons (Fsp3) is 0.417. The van der Waals surface area contributed by atoms with E-state index in [-0.39, 0.29) is 12.3 Å². The first-order chi connectivity index (χ1) is 8.78. The fourth-order valence-corrected chi connectivity index (χ4v) is 1.46. The van der Waals surface area contributed by atoms with Gasteiger partial charge in [0.2, 0.25) is 5.91 Å². The molecular formula is C12H15F3N2O2. The zero-order valence-electron chi connectivity index (χ0n) is 10.3. The van der Waals surface area contributed by atoms with Crippen LogP contribution < -0.4 is 11.2 Å². The largest absolute Gasteiger partial charge is 0.414 e. The summed E-state index contributed by atoms with van der Waals surface area (Å²) in [5.41, 5.74) is 8.78. The molecule has 0 aliphatic carbocycles. The van der Waals surface area contributed by atoms with Crippen LogP contribution in [-0.2, 0) is 9.63 Å². The van der Waals surface area contributed by atoms with Crippen LogP contribution in [0.25, 0.3) is 0 Å². The van der Waals surface area contributed by atoms with Gasteiger partial charge in [-0.3, -0.25) is 9.63 Å². The first kappa shape index (κ1) is 15.3.